The zero-order chi connectivity index (χ0) is 26.3. The Morgan fingerprint density at radius 2 is 1.95 bits per heavy atom. The zero-order valence-corrected chi connectivity index (χ0v) is 21.7. The van der Waals surface area contributed by atoms with Crippen molar-refractivity contribution in [3.05, 3.63) is 81.9 Å². The lowest BCUT2D eigenvalue weighted by atomic mass is 9.71. The second kappa shape index (κ2) is 9.95. The Kier molecular flexibility index (Phi) is 6.86. The van der Waals surface area contributed by atoms with Crippen molar-refractivity contribution in [3.8, 4) is 22.6 Å². The molecule has 0 radical (unpaired) electrons. The minimum atomic E-state index is -0.867. The highest BCUT2D eigenvalue weighted by Gasteiger charge is 2.56. The van der Waals surface area contributed by atoms with E-state index in [1.54, 1.807) is 0 Å². The number of carbonyl (C=O) groups excluding carboxylic acids is 1. The van der Waals surface area contributed by atoms with Crippen molar-refractivity contribution in [2.75, 3.05) is 20.2 Å². The molecular weight excluding hydrogens is 498 g/mol. The van der Waals surface area contributed by atoms with E-state index in [-0.39, 0.29) is 51.8 Å². The van der Waals surface area contributed by atoms with Gasteiger partial charge in [0.1, 0.15) is 11.6 Å². The van der Waals surface area contributed by atoms with E-state index in [1.807, 2.05) is 44.2 Å². The third kappa shape index (κ3) is 3.96. The molecule has 0 aliphatic carbocycles. The molecule has 8 heteroatoms. The Labute approximate surface area is 220 Å². The van der Waals surface area contributed by atoms with Gasteiger partial charge in [-0.2, -0.15) is 0 Å². The van der Waals surface area contributed by atoms with E-state index >= 15 is 8.78 Å². The van der Waals surface area contributed by atoms with Crippen LogP contribution in [-0.2, 0) is 5.60 Å². The quantitative estimate of drug-likeness (QED) is 0.385. The number of halogens is 3. The number of carbonyl (C=O) groups is 1. The van der Waals surface area contributed by atoms with E-state index in [1.165, 1.54) is 25.2 Å². The van der Waals surface area contributed by atoms with E-state index in [2.05, 4.69) is 10.6 Å². The van der Waals surface area contributed by atoms with Crippen LogP contribution in [0.1, 0.15) is 54.1 Å². The standard InChI is InChI=1S/C29H29ClF2N2O3/c1-4-14-36-20-11-10-18(28(35)33-3)24(27(20)32)25-23-16(2)29(22-12-13-34-22,17-8-6-5-7-9-17)37-21(23)15-19(31)26(25)30/h5-11,15-16,22,34H,4,12-14H2,1-3H3,(H,33,35)/t16-,22?,29?/m0/s1. The highest BCUT2D eigenvalue weighted by molar-refractivity contribution is 6.34. The summed E-state index contributed by atoms with van der Waals surface area (Å²) in [5, 5.41) is 5.73. The monoisotopic (exact) mass is 526 g/mol. The lowest BCUT2D eigenvalue weighted by Gasteiger charge is -2.46. The van der Waals surface area contributed by atoms with Crippen LogP contribution in [0.25, 0.3) is 11.1 Å². The van der Waals surface area contributed by atoms with Gasteiger partial charge in [-0.15, -0.1) is 0 Å². The SMILES string of the molecule is CCCOc1ccc(C(=O)NC)c(-c2c(Cl)c(F)cc3c2[C@H](C)C(c2ccccc2)(C2CCN2)O3)c1F. The van der Waals surface area contributed by atoms with Crippen LogP contribution in [0.15, 0.2) is 48.5 Å². The van der Waals surface area contributed by atoms with Crippen LogP contribution in [0.4, 0.5) is 8.78 Å². The van der Waals surface area contributed by atoms with Crippen molar-refractivity contribution in [2.24, 2.45) is 0 Å². The van der Waals surface area contributed by atoms with Gasteiger partial charge in [0.05, 0.1) is 23.2 Å². The summed E-state index contributed by atoms with van der Waals surface area (Å²) in [4.78, 5) is 12.9. The lowest BCUT2D eigenvalue weighted by molar-refractivity contribution is 0.000847. The molecule has 2 heterocycles. The highest BCUT2D eigenvalue weighted by Crippen LogP contribution is 2.58. The van der Waals surface area contributed by atoms with Crippen molar-refractivity contribution in [3.63, 3.8) is 0 Å². The molecule has 37 heavy (non-hydrogen) atoms. The predicted octanol–water partition coefficient (Wildman–Crippen LogP) is 6.19. The summed E-state index contributed by atoms with van der Waals surface area (Å²) in [5.74, 6) is -2.14. The summed E-state index contributed by atoms with van der Waals surface area (Å²) in [6.45, 7) is 5.00. The van der Waals surface area contributed by atoms with Gasteiger partial charge in [0.25, 0.3) is 5.91 Å². The summed E-state index contributed by atoms with van der Waals surface area (Å²) in [5.41, 5.74) is 0.651. The molecule has 1 fully saturated rings. The number of rotatable bonds is 7. The van der Waals surface area contributed by atoms with Gasteiger partial charge in [-0.1, -0.05) is 55.8 Å². The van der Waals surface area contributed by atoms with E-state index in [4.69, 9.17) is 21.1 Å². The van der Waals surface area contributed by atoms with Gasteiger partial charge in [-0.3, -0.25) is 4.79 Å². The first-order valence-corrected chi connectivity index (χ1v) is 12.9. The van der Waals surface area contributed by atoms with Gasteiger partial charge in [0.15, 0.2) is 17.2 Å². The predicted molar refractivity (Wildman–Crippen MR) is 140 cm³/mol. The van der Waals surface area contributed by atoms with Gasteiger partial charge < -0.3 is 20.1 Å². The topological polar surface area (TPSA) is 59.6 Å². The van der Waals surface area contributed by atoms with E-state index in [0.717, 1.165) is 18.5 Å². The molecule has 5 nitrogen and oxygen atoms in total. The number of hydrogen-bond acceptors (Lipinski definition) is 4. The third-order valence-electron chi connectivity index (χ3n) is 7.43. The number of fused-ring (bicyclic) bond motifs is 1. The molecular formula is C29H29ClF2N2O3. The maximum Gasteiger partial charge on any atom is 0.251 e. The Morgan fingerprint density at radius 3 is 2.57 bits per heavy atom. The molecule has 3 atom stereocenters. The molecule has 0 saturated carbocycles. The van der Waals surface area contributed by atoms with Crippen molar-refractivity contribution >= 4 is 17.5 Å². The lowest BCUT2D eigenvalue weighted by Crippen LogP contribution is -2.60. The molecule has 1 amide bonds. The second-order valence-electron chi connectivity index (χ2n) is 9.47. The molecule has 2 N–H and O–H groups in total. The van der Waals surface area contributed by atoms with Gasteiger partial charge in [0.2, 0.25) is 0 Å². The van der Waals surface area contributed by atoms with Crippen molar-refractivity contribution in [1.29, 1.82) is 0 Å². The zero-order valence-electron chi connectivity index (χ0n) is 21.0. The molecule has 194 valence electrons. The Bertz CT molecular complexity index is 1350. The molecule has 2 aliphatic heterocycles. The fraction of sp³-hybridized carbons (Fsp3) is 0.345. The van der Waals surface area contributed by atoms with Crippen molar-refractivity contribution < 1.29 is 23.0 Å². The first-order chi connectivity index (χ1) is 17.8. The first-order valence-electron chi connectivity index (χ1n) is 12.5. The number of hydrogen-bond donors (Lipinski definition) is 2. The molecule has 2 unspecified atom stereocenters. The largest absolute Gasteiger partial charge is 0.491 e. The van der Waals surface area contributed by atoms with Crippen LogP contribution in [-0.4, -0.2) is 32.1 Å². The van der Waals surface area contributed by atoms with Crippen molar-refractivity contribution in [2.45, 2.75) is 44.2 Å². The number of benzene rings is 3. The van der Waals surface area contributed by atoms with Gasteiger partial charge in [0, 0.05) is 35.7 Å². The van der Waals surface area contributed by atoms with Crippen LogP contribution in [0, 0.1) is 11.6 Å². The Hall–Kier alpha value is -3.16. The number of ether oxygens (including phenoxy) is 2. The summed E-state index contributed by atoms with van der Waals surface area (Å²) in [7, 11) is 1.46. The summed E-state index contributed by atoms with van der Waals surface area (Å²) in [6, 6.07) is 13.9. The molecule has 0 spiro atoms. The minimum absolute atomic E-state index is 0.0277. The average molecular weight is 527 g/mol. The Morgan fingerprint density at radius 1 is 1.22 bits per heavy atom. The summed E-state index contributed by atoms with van der Waals surface area (Å²) in [6.07, 6.45) is 1.53. The van der Waals surface area contributed by atoms with Crippen LogP contribution in [0.3, 0.4) is 0 Å². The Balaban J connectivity index is 1.79. The summed E-state index contributed by atoms with van der Waals surface area (Å²) < 4.78 is 43.8. The molecule has 2 aliphatic rings. The second-order valence-corrected chi connectivity index (χ2v) is 9.84. The maximum absolute atomic E-state index is 16.2. The molecule has 0 bridgehead atoms. The highest BCUT2D eigenvalue weighted by atomic mass is 35.5. The third-order valence-corrected chi connectivity index (χ3v) is 7.80. The fourth-order valence-corrected chi connectivity index (χ4v) is 5.80. The van der Waals surface area contributed by atoms with Crippen LogP contribution in [0.2, 0.25) is 5.02 Å². The molecule has 1 saturated heterocycles. The van der Waals surface area contributed by atoms with E-state index < -0.39 is 23.1 Å². The maximum atomic E-state index is 16.2. The molecule has 3 aromatic carbocycles. The van der Waals surface area contributed by atoms with Crippen LogP contribution in [0.5, 0.6) is 11.5 Å². The molecule has 0 aromatic heterocycles. The van der Waals surface area contributed by atoms with Crippen LogP contribution < -0.4 is 20.1 Å². The van der Waals surface area contributed by atoms with Gasteiger partial charge in [-0.05, 0) is 37.1 Å². The number of amides is 1. The van der Waals surface area contributed by atoms with E-state index in [9.17, 15) is 4.79 Å². The first kappa shape index (κ1) is 25.5. The van der Waals surface area contributed by atoms with Gasteiger partial charge >= 0.3 is 0 Å². The molecule has 5 rings (SSSR count). The van der Waals surface area contributed by atoms with E-state index in [0.29, 0.717) is 12.0 Å². The van der Waals surface area contributed by atoms with Gasteiger partial charge in [-0.25, -0.2) is 8.78 Å². The number of nitrogens with one attached hydrogen (secondary N) is 2. The minimum Gasteiger partial charge on any atom is -0.491 e. The summed E-state index contributed by atoms with van der Waals surface area (Å²) >= 11 is 6.61. The fourth-order valence-electron chi connectivity index (χ4n) is 5.55. The van der Waals surface area contributed by atoms with Crippen LogP contribution >= 0.6 is 11.6 Å². The molecule has 3 aromatic rings. The van der Waals surface area contributed by atoms with Crippen molar-refractivity contribution in [1.82, 2.24) is 10.6 Å². The smallest absolute Gasteiger partial charge is 0.251 e. The average Bonchev–Trinajstić information content (AvgIpc) is 3.15. The normalized spacial score (nSPS) is 22.1.